The maximum absolute atomic E-state index is 3.79. The van der Waals surface area contributed by atoms with Gasteiger partial charge in [0.15, 0.2) is 0 Å². The van der Waals surface area contributed by atoms with Crippen LogP contribution in [0.1, 0.15) is 44.6 Å². The Morgan fingerprint density at radius 1 is 1.21 bits per heavy atom. The van der Waals surface area contributed by atoms with Gasteiger partial charge in [0.1, 0.15) is 0 Å². The summed E-state index contributed by atoms with van der Waals surface area (Å²) in [4.78, 5) is 2.54. The zero-order valence-electron chi connectivity index (χ0n) is 12.3. The molecule has 1 aliphatic rings. The molecule has 1 aliphatic heterocycles. The summed E-state index contributed by atoms with van der Waals surface area (Å²) in [6.45, 7) is 8.54. The predicted octanol–water partition coefficient (Wildman–Crippen LogP) is 4.82. The summed E-state index contributed by atoms with van der Waals surface area (Å²) in [7, 11) is 0. The van der Waals surface area contributed by atoms with Crippen LogP contribution in [0.5, 0.6) is 0 Å². The Morgan fingerprint density at radius 3 is 2.47 bits per heavy atom. The van der Waals surface area contributed by atoms with Crippen molar-refractivity contribution in [3.8, 4) is 0 Å². The van der Waals surface area contributed by atoms with Crippen LogP contribution in [0.2, 0.25) is 0 Å². The number of hydrogen-bond donors (Lipinski definition) is 0. The topological polar surface area (TPSA) is 3.24 Å². The van der Waals surface area contributed by atoms with Crippen molar-refractivity contribution < 1.29 is 0 Å². The van der Waals surface area contributed by atoms with Crippen molar-refractivity contribution in [3.05, 3.63) is 42.5 Å². The molecule has 1 heterocycles. The van der Waals surface area contributed by atoms with E-state index < -0.39 is 0 Å². The molecule has 1 fully saturated rings. The van der Waals surface area contributed by atoms with Crippen LogP contribution in [0.3, 0.4) is 0 Å². The average molecular weight is 257 g/mol. The number of anilines is 1. The van der Waals surface area contributed by atoms with E-state index in [4.69, 9.17) is 0 Å². The predicted molar refractivity (Wildman–Crippen MR) is 84.8 cm³/mol. The second-order valence-electron chi connectivity index (χ2n) is 5.73. The number of allylic oxidation sites excluding steroid dienone is 1. The minimum absolute atomic E-state index is 0.969. The highest BCUT2D eigenvalue weighted by Gasteiger charge is 2.18. The SMILES string of the molecule is C=CCc1ccc(N2CCC(CCCC)CC2)cc1. The Hall–Kier alpha value is -1.24. The zero-order valence-corrected chi connectivity index (χ0v) is 12.3. The molecule has 1 heteroatoms. The molecule has 1 saturated heterocycles. The van der Waals surface area contributed by atoms with Crippen molar-refractivity contribution >= 4 is 5.69 Å². The van der Waals surface area contributed by atoms with Crippen LogP contribution in [0.25, 0.3) is 0 Å². The third kappa shape index (κ3) is 4.12. The first-order valence-corrected chi connectivity index (χ1v) is 7.78. The summed E-state index contributed by atoms with van der Waals surface area (Å²) in [6.07, 6.45) is 9.85. The lowest BCUT2D eigenvalue weighted by Crippen LogP contribution is -2.33. The van der Waals surface area contributed by atoms with E-state index in [0.29, 0.717) is 0 Å². The maximum atomic E-state index is 3.79. The number of piperidine rings is 1. The molecule has 0 saturated carbocycles. The number of unbranched alkanes of at least 4 members (excludes halogenated alkanes) is 1. The largest absolute Gasteiger partial charge is 0.372 e. The summed E-state index contributed by atoms with van der Waals surface area (Å²) >= 11 is 0. The summed E-state index contributed by atoms with van der Waals surface area (Å²) in [5.74, 6) is 0.969. The van der Waals surface area contributed by atoms with E-state index in [1.165, 1.54) is 56.4 Å². The van der Waals surface area contributed by atoms with Crippen LogP contribution in [-0.4, -0.2) is 13.1 Å². The molecule has 1 aromatic carbocycles. The molecule has 0 aliphatic carbocycles. The summed E-state index contributed by atoms with van der Waals surface area (Å²) in [6, 6.07) is 9.01. The Kier molecular flexibility index (Phi) is 5.50. The van der Waals surface area contributed by atoms with E-state index in [-0.39, 0.29) is 0 Å². The van der Waals surface area contributed by atoms with Crippen LogP contribution in [0.4, 0.5) is 5.69 Å². The van der Waals surface area contributed by atoms with Gasteiger partial charge in [0.05, 0.1) is 0 Å². The highest BCUT2D eigenvalue weighted by Crippen LogP contribution is 2.26. The molecule has 0 unspecified atom stereocenters. The van der Waals surface area contributed by atoms with E-state index in [2.05, 4.69) is 42.7 Å². The van der Waals surface area contributed by atoms with Crippen LogP contribution in [-0.2, 0) is 6.42 Å². The van der Waals surface area contributed by atoms with Crippen molar-refractivity contribution in [2.75, 3.05) is 18.0 Å². The van der Waals surface area contributed by atoms with E-state index >= 15 is 0 Å². The minimum atomic E-state index is 0.969. The van der Waals surface area contributed by atoms with Crippen molar-refractivity contribution in [2.24, 2.45) is 5.92 Å². The monoisotopic (exact) mass is 257 g/mol. The molecule has 0 aromatic heterocycles. The molecular formula is C18H27N. The van der Waals surface area contributed by atoms with E-state index in [1.807, 2.05) is 6.08 Å². The number of nitrogens with zero attached hydrogens (tertiary/aromatic N) is 1. The van der Waals surface area contributed by atoms with Gasteiger partial charge in [-0.2, -0.15) is 0 Å². The fourth-order valence-corrected chi connectivity index (χ4v) is 2.98. The molecule has 2 rings (SSSR count). The lowest BCUT2D eigenvalue weighted by atomic mass is 9.91. The van der Waals surface area contributed by atoms with Gasteiger partial charge >= 0.3 is 0 Å². The quantitative estimate of drug-likeness (QED) is 0.660. The Labute approximate surface area is 118 Å². The second-order valence-corrected chi connectivity index (χ2v) is 5.73. The first-order valence-electron chi connectivity index (χ1n) is 7.78. The lowest BCUT2D eigenvalue weighted by molar-refractivity contribution is 0.371. The summed E-state index contributed by atoms with van der Waals surface area (Å²) < 4.78 is 0. The summed E-state index contributed by atoms with van der Waals surface area (Å²) in [5, 5.41) is 0. The molecule has 1 nitrogen and oxygen atoms in total. The fourth-order valence-electron chi connectivity index (χ4n) is 2.98. The highest BCUT2D eigenvalue weighted by molar-refractivity contribution is 5.48. The van der Waals surface area contributed by atoms with Crippen LogP contribution in [0.15, 0.2) is 36.9 Å². The fraction of sp³-hybridized carbons (Fsp3) is 0.556. The number of hydrogen-bond acceptors (Lipinski definition) is 1. The van der Waals surface area contributed by atoms with Gasteiger partial charge in [-0.15, -0.1) is 6.58 Å². The third-order valence-electron chi connectivity index (χ3n) is 4.26. The molecular weight excluding hydrogens is 230 g/mol. The molecule has 0 atom stereocenters. The number of benzene rings is 1. The third-order valence-corrected chi connectivity index (χ3v) is 4.26. The van der Waals surface area contributed by atoms with Crippen molar-refractivity contribution in [1.82, 2.24) is 0 Å². The molecule has 1 aromatic rings. The van der Waals surface area contributed by atoms with Gasteiger partial charge in [0.2, 0.25) is 0 Å². The van der Waals surface area contributed by atoms with Gasteiger partial charge in [-0.25, -0.2) is 0 Å². The van der Waals surface area contributed by atoms with E-state index in [1.54, 1.807) is 0 Å². The molecule has 0 N–H and O–H groups in total. The average Bonchev–Trinajstić information content (AvgIpc) is 2.47. The second kappa shape index (κ2) is 7.37. The highest BCUT2D eigenvalue weighted by atomic mass is 15.1. The molecule has 0 radical (unpaired) electrons. The Bertz CT molecular complexity index is 371. The zero-order chi connectivity index (χ0) is 13.5. The molecule has 19 heavy (non-hydrogen) atoms. The Balaban J connectivity index is 1.85. The number of rotatable bonds is 6. The normalized spacial score (nSPS) is 16.6. The van der Waals surface area contributed by atoms with Crippen molar-refractivity contribution in [1.29, 1.82) is 0 Å². The van der Waals surface area contributed by atoms with Gasteiger partial charge in [-0.05, 0) is 42.9 Å². The molecule has 0 spiro atoms. The molecule has 0 bridgehead atoms. The van der Waals surface area contributed by atoms with Gasteiger partial charge in [0.25, 0.3) is 0 Å². The van der Waals surface area contributed by atoms with Gasteiger partial charge in [-0.1, -0.05) is 44.4 Å². The Morgan fingerprint density at radius 2 is 1.89 bits per heavy atom. The molecule has 104 valence electrons. The minimum Gasteiger partial charge on any atom is -0.372 e. The van der Waals surface area contributed by atoms with Gasteiger partial charge < -0.3 is 4.90 Å². The lowest BCUT2D eigenvalue weighted by Gasteiger charge is -2.33. The molecule has 0 amide bonds. The van der Waals surface area contributed by atoms with Crippen LogP contribution in [0, 0.1) is 5.92 Å². The van der Waals surface area contributed by atoms with Crippen molar-refractivity contribution in [3.63, 3.8) is 0 Å². The summed E-state index contributed by atoms with van der Waals surface area (Å²) in [5.41, 5.74) is 2.75. The first-order chi connectivity index (χ1) is 9.33. The first kappa shape index (κ1) is 14.2. The van der Waals surface area contributed by atoms with Gasteiger partial charge in [-0.3, -0.25) is 0 Å². The van der Waals surface area contributed by atoms with E-state index in [9.17, 15) is 0 Å². The van der Waals surface area contributed by atoms with E-state index in [0.717, 1.165) is 12.3 Å². The maximum Gasteiger partial charge on any atom is 0.0366 e. The smallest absolute Gasteiger partial charge is 0.0366 e. The standard InChI is InChI=1S/C18H27N/c1-3-5-7-17-12-14-19(15-13-17)18-10-8-16(6-4-2)9-11-18/h4,8-11,17H,2-3,5-7,12-15H2,1H3. The van der Waals surface area contributed by atoms with Crippen LogP contribution >= 0.6 is 0 Å². The van der Waals surface area contributed by atoms with Gasteiger partial charge in [0, 0.05) is 18.8 Å². The van der Waals surface area contributed by atoms with Crippen molar-refractivity contribution in [2.45, 2.75) is 45.4 Å². The van der Waals surface area contributed by atoms with Crippen LogP contribution < -0.4 is 4.90 Å².